The lowest BCUT2D eigenvalue weighted by atomic mass is 9.89. The van der Waals surface area contributed by atoms with E-state index in [2.05, 4.69) is 5.32 Å². The van der Waals surface area contributed by atoms with E-state index < -0.39 is 0 Å². The number of hydrogen-bond acceptors (Lipinski definition) is 5. The van der Waals surface area contributed by atoms with Crippen molar-refractivity contribution in [2.75, 3.05) is 20.3 Å². The predicted octanol–water partition coefficient (Wildman–Crippen LogP) is 3.24. The average Bonchev–Trinajstić information content (AvgIpc) is 2.61. The molecule has 0 aliphatic carbocycles. The third-order valence-electron chi connectivity index (χ3n) is 4.19. The Morgan fingerprint density at radius 2 is 2.12 bits per heavy atom. The van der Waals surface area contributed by atoms with Gasteiger partial charge < -0.3 is 14.8 Å². The molecule has 0 saturated carbocycles. The SMILES string of the molecule is CCOc1cc2c(cc1OC)[C@H](c1cccc([N+](=O)[O-])c1)NCC2. The number of non-ortho nitro benzene ring substituents is 1. The largest absolute Gasteiger partial charge is 0.493 e. The minimum Gasteiger partial charge on any atom is -0.493 e. The fourth-order valence-corrected chi connectivity index (χ4v) is 3.11. The number of fused-ring (bicyclic) bond motifs is 1. The third-order valence-corrected chi connectivity index (χ3v) is 4.19. The molecule has 0 bridgehead atoms. The van der Waals surface area contributed by atoms with Gasteiger partial charge in [0.25, 0.3) is 5.69 Å². The zero-order chi connectivity index (χ0) is 17.1. The van der Waals surface area contributed by atoms with Crippen molar-refractivity contribution >= 4 is 5.69 Å². The van der Waals surface area contributed by atoms with Gasteiger partial charge in [-0.25, -0.2) is 0 Å². The molecule has 1 heterocycles. The Morgan fingerprint density at radius 3 is 2.83 bits per heavy atom. The highest BCUT2D eigenvalue weighted by Gasteiger charge is 2.25. The van der Waals surface area contributed by atoms with Crippen LogP contribution in [0.2, 0.25) is 0 Å². The van der Waals surface area contributed by atoms with Crippen molar-refractivity contribution in [3.8, 4) is 11.5 Å². The first-order valence-corrected chi connectivity index (χ1v) is 7.95. The number of nitro groups is 1. The summed E-state index contributed by atoms with van der Waals surface area (Å²) in [7, 11) is 1.61. The molecule has 1 N–H and O–H groups in total. The number of benzene rings is 2. The second-order valence-electron chi connectivity index (χ2n) is 5.62. The standard InChI is InChI=1S/C18H20N2O4/c1-3-24-17-10-12-7-8-19-18(15(12)11-16(17)23-2)13-5-4-6-14(9-13)20(21)22/h4-6,9-11,18-19H,3,7-8H2,1-2H3/t18-/m0/s1. The summed E-state index contributed by atoms with van der Waals surface area (Å²) in [5.41, 5.74) is 3.22. The van der Waals surface area contributed by atoms with Gasteiger partial charge in [0.2, 0.25) is 0 Å². The number of ether oxygens (including phenoxy) is 2. The van der Waals surface area contributed by atoms with Crippen LogP contribution in [-0.2, 0) is 6.42 Å². The molecule has 1 atom stereocenters. The highest BCUT2D eigenvalue weighted by molar-refractivity contribution is 5.52. The van der Waals surface area contributed by atoms with Gasteiger partial charge in [-0.05, 0) is 42.2 Å². The Labute approximate surface area is 140 Å². The second kappa shape index (κ2) is 6.88. The van der Waals surface area contributed by atoms with Gasteiger partial charge in [-0.15, -0.1) is 0 Å². The zero-order valence-corrected chi connectivity index (χ0v) is 13.7. The van der Waals surface area contributed by atoms with Crippen LogP contribution in [0.3, 0.4) is 0 Å². The van der Waals surface area contributed by atoms with Crippen molar-refractivity contribution in [2.45, 2.75) is 19.4 Å². The van der Waals surface area contributed by atoms with E-state index in [9.17, 15) is 10.1 Å². The molecule has 126 valence electrons. The quantitative estimate of drug-likeness (QED) is 0.674. The van der Waals surface area contributed by atoms with E-state index in [1.54, 1.807) is 19.2 Å². The molecule has 6 nitrogen and oxygen atoms in total. The molecule has 0 unspecified atom stereocenters. The average molecular weight is 328 g/mol. The minimum absolute atomic E-state index is 0.0966. The Hall–Kier alpha value is -2.60. The van der Waals surface area contributed by atoms with Gasteiger partial charge in [0, 0.05) is 18.7 Å². The molecule has 0 aromatic heterocycles. The van der Waals surface area contributed by atoms with Crippen LogP contribution in [0.4, 0.5) is 5.69 Å². The maximum absolute atomic E-state index is 11.0. The number of nitrogens with one attached hydrogen (secondary N) is 1. The molecule has 0 spiro atoms. The van der Waals surface area contributed by atoms with Crippen molar-refractivity contribution in [1.82, 2.24) is 5.32 Å². The summed E-state index contributed by atoms with van der Waals surface area (Å²) in [5, 5.41) is 14.5. The summed E-state index contributed by atoms with van der Waals surface area (Å²) in [6.45, 7) is 3.31. The fourth-order valence-electron chi connectivity index (χ4n) is 3.11. The van der Waals surface area contributed by atoms with Crippen molar-refractivity contribution in [1.29, 1.82) is 0 Å². The summed E-state index contributed by atoms with van der Waals surface area (Å²) in [6.07, 6.45) is 0.880. The van der Waals surface area contributed by atoms with E-state index in [0.717, 1.165) is 29.8 Å². The van der Waals surface area contributed by atoms with Crippen LogP contribution in [0.25, 0.3) is 0 Å². The van der Waals surface area contributed by atoms with Crippen molar-refractivity contribution < 1.29 is 14.4 Å². The molecule has 0 radical (unpaired) electrons. The topological polar surface area (TPSA) is 73.6 Å². The summed E-state index contributed by atoms with van der Waals surface area (Å²) < 4.78 is 11.1. The van der Waals surface area contributed by atoms with Gasteiger partial charge in [0.1, 0.15) is 0 Å². The molecule has 2 aromatic rings. The minimum atomic E-state index is -0.369. The summed E-state index contributed by atoms with van der Waals surface area (Å²) in [4.78, 5) is 10.7. The van der Waals surface area contributed by atoms with Crippen LogP contribution < -0.4 is 14.8 Å². The van der Waals surface area contributed by atoms with E-state index in [1.807, 2.05) is 25.1 Å². The lowest BCUT2D eigenvalue weighted by Gasteiger charge is -2.28. The van der Waals surface area contributed by atoms with Crippen molar-refractivity contribution in [3.05, 3.63) is 63.2 Å². The summed E-state index contributed by atoms with van der Waals surface area (Å²) >= 11 is 0. The Kier molecular flexibility index (Phi) is 4.66. The lowest BCUT2D eigenvalue weighted by molar-refractivity contribution is -0.384. The molecule has 0 fully saturated rings. The fraction of sp³-hybridized carbons (Fsp3) is 0.333. The molecule has 1 aliphatic heterocycles. The number of rotatable bonds is 5. The zero-order valence-electron chi connectivity index (χ0n) is 13.7. The number of nitro benzene ring substituents is 1. The number of hydrogen-bond donors (Lipinski definition) is 1. The van der Waals surface area contributed by atoms with Gasteiger partial charge in [0.15, 0.2) is 11.5 Å². The van der Waals surface area contributed by atoms with E-state index in [0.29, 0.717) is 12.4 Å². The monoisotopic (exact) mass is 328 g/mol. The van der Waals surface area contributed by atoms with Crippen LogP contribution in [0, 0.1) is 10.1 Å². The lowest BCUT2D eigenvalue weighted by Crippen LogP contribution is -2.30. The first kappa shape index (κ1) is 16.3. The third kappa shape index (κ3) is 3.05. The molecule has 6 heteroatoms. The van der Waals surface area contributed by atoms with Crippen molar-refractivity contribution in [3.63, 3.8) is 0 Å². The molecule has 3 rings (SSSR count). The molecule has 0 amide bonds. The molecule has 24 heavy (non-hydrogen) atoms. The van der Waals surface area contributed by atoms with Crippen LogP contribution >= 0.6 is 0 Å². The highest BCUT2D eigenvalue weighted by atomic mass is 16.6. The number of nitrogens with zero attached hydrogens (tertiary/aromatic N) is 1. The normalized spacial score (nSPS) is 16.3. The molecule has 0 saturated heterocycles. The Bertz CT molecular complexity index is 761. The van der Waals surface area contributed by atoms with Crippen LogP contribution in [0.15, 0.2) is 36.4 Å². The van der Waals surface area contributed by atoms with Gasteiger partial charge in [0.05, 0.1) is 24.7 Å². The van der Waals surface area contributed by atoms with E-state index in [4.69, 9.17) is 9.47 Å². The van der Waals surface area contributed by atoms with Gasteiger partial charge in [-0.3, -0.25) is 10.1 Å². The first-order chi connectivity index (χ1) is 11.6. The molecule has 2 aromatic carbocycles. The predicted molar refractivity (Wildman–Crippen MR) is 90.8 cm³/mol. The molecular weight excluding hydrogens is 308 g/mol. The van der Waals surface area contributed by atoms with Gasteiger partial charge in [-0.2, -0.15) is 0 Å². The van der Waals surface area contributed by atoms with E-state index in [1.165, 1.54) is 11.6 Å². The maximum Gasteiger partial charge on any atom is 0.269 e. The number of methoxy groups -OCH3 is 1. The summed E-state index contributed by atoms with van der Waals surface area (Å²) in [6, 6.07) is 10.6. The first-order valence-electron chi connectivity index (χ1n) is 7.95. The molecule has 1 aliphatic rings. The van der Waals surface area contributed by atoms with Gasteiger partial charge in [-0.1, -0.05) is 12.1 Å². The maximum atomic E-state index is 11.0. The smallest absolute Gasteiger partial charge is 0.269 e. The highest BCUT2D eigenvalue weighted by Crippen LogP contribution is 2.38. The van der Waals surface area contributed by atoms with Crippen molar-refractivity contribution in [2.24, 2.45) is 0 Å². The van der Waals surface area contributed by atoms with E-state index >= 15 is 0 Å². The van der Waals surface area contributed by atoms with Crippen LogP contribution in [0.1, 0.15) is 29.7 Å². The van der Waals surface area contributed by atoms with E-state index in [-0.39, 0.29) is 16.7 Å². The van der Waals surface area contributed by atoms with Crippen LogP contribution in [0.5, 0.6) is 11.5 Å². The Balaban J connectivity index is 2.05. The Morgan fingerprint density at radius 1 is 1.29 bits per heavy atom. The second-order valence-corrected chi connectivity index (χ2v) is 5.62. The van der Waals surface area contributed by atoms with Crippen LogP contribution in [-0.4, -0.2) is 25.2 Å². The molecular formula is C18H20N2O4. The summed E-state index contributed by atoms with van der Waals surface area (Å²) in [5.74, 6) is 1.41. The van der Waals surface area contributed by atoms with Gasteiger partial charge >= 0.3 is 0 Å².